The predicted octanol–water partition coefficient (Wildman–Crippen LogP) is 1.61. The lowest BCUT2D eigenvalue weighted by atomic mass is 9.81. The Morgan fingerprint density at radius 1 is 1.44 bits per heavy atom. The van der Waals surface area contributed by atoms with Crippen LogP contribution in [0, 0.1) is 5.92 Å². The number of ether oxygens (including phenoxy) is 1. The molecule has 0 spiro atoms. The van der Waals surface area contributed by atoms with Crippen LogP contribution in [0.1, 0.15) is 33.6 Å². The molecule has 2 bridgehead atoms. The maximum Gasteiger partial charge on any atom is 0.317 e. The van der Waals surface area contributed by atoms with Crippen LogP contribution in [0.3, 0.4) is 0 Å². The van der Waals surface area contributed by atoms with E-state index in [9.17, 15) is 4.79 Å². The minimum Gasteiger partial charge on any atom is -0.367 e. The highest BCUT2D eigenvalue weighted by Gasteiger charge is 2.48. The molecule has 92 valence electrons. The summed E-state index contributed by atoms with van der Waals surface area (Å²) in [5.41, 5.74) is -0.293. The Morgan fingerprint density at radius 2 is 2.12 bits per heavy atom. The number of amides is 2. The molecular weight excluding hydrogens is 204 g/mol. The summed E-state index contributed by atoms with van der Waals surface area (Å²) in [6.45, 7) is 7.91. The summed E-state index contributed by atoms with van der Waals surface area (Å²) in [5.74, 6) is 0.445. The molecule has 2 atom stereocenters. The van der Waals surface area contributed by atoms with Gasteiger partial charge in [0.2, 0.25) is 0 Å². The molecule has 3 aliphatic heterocycles. The Balaban J connectivity index is 2.24. The first-order valence-electron chi connectivity index (χ1n) is 6.03. The topological polar surface area (TPSA) is 41.6 Å². The number of hydrogen-bond acceptors (Lipinski definition) is 2. The number of carbonyl (C=O) groups excluding carboxylic acids is 1. The smallest absolute Gasteiger partial charge is 0.317 e. The molecule has 3 heterocycles. The quantitative estimate of drug-likeness (QED) is 0.681. The first kappa shape index (κ1) is 11.7. The molecule has 3 fully saturated rings. The highest BCUT2D eigenvalue weighted by atomic mass is 16.5. The number of hydrogen-bond donors (Lipinski definition) is 1. The van der Waals surface area contributed by atoms with Gasteiger partial charge in [-0.15, -0.1) is 0 Å². The Labute approximate surface area is 97.3 Å². The molecule has 3 rings (SSSR count). The molecule has 0 unspecified atom stereocenters. The Morgan fingerprint density at radius 3 is 2.69 bits per heavy atom. The van der Waals surface area contributed by atoms with Crippen molar-refractivity contribution in [3.63, 3.8) is 0 Å². The van der Waals surface area contributed by atoms with Crippen LogP contribution in [-0.2, 0) is 4.74 Å². The average molecular weight is 226 g/mol. The van der Waals surface area contributed by atoms with Gasteiger partial charge in [-0.3, -0.25) is 0 Å². The second-order valence-corrected chi connectivity index (χ2v) is 5.83. The summed E-state index contributed by atoms with van der Waals surface area (Å²) in [5, 5.41) is 2.71. The summed E-state index contributed by atoms with van der Waals surface area (Å²) in [7, 11) is 1.68. The van der Waals surface area contributed by atoms with Gasteiger partial charge in [-0.25, -0.2) is 4.79 Å². The van der Waals surface area contributed by atoms with E-state index in [4.69, 9.17) is 4.74 Å². The van der Waals surface area contributed by atoms with Gasteiger partial charge in [0, 0.05) is 19.5 Å². The largest absolute Gasteiger partial charge is 0.367 e. The van der Waals surface area contributed by atoms with Crippen molar-refractivity contribution in [2.45, 2.75) is 44.8 Å². The number of nitrogens with zero attached hydrogens (tertiary/aromatic N) is 1. The number of fused-ring (bicyclic) bond motifs is 4. The minimum absolute atomic E-state index is 0.0134. The minimum atomic E-state index is -0.178. The molecule has 0 saturated carbocycles. The van der Waals surface area contributed by atoms with Crippen molar-refractivity contribution in [3.8, 4) is 0 Å². The highest BCUT2D eigenvalue weighted by molar-refractivity contribution is 5.74. The summed E-state index contributed by atoms with van der Waals surface area (Å²) in [4.78, 5) is 13.6. The monoisotopic (exact) mass is 226 g/mol. The first-order valence-corrected chi connectivity index (χ1v) is 6.03. The number of carbonyl (C=O) groups is 1. The highest BCUT2D eigenvalue weighted by Crippen LogP contribution is 2.43. The van der Waals surface area contributed by atoms with Crippen molar-refractivity contribution in [3.05, 3.63) is 0 Å². The van der Waals surface area contributed by atoms with Crippen molar-refractivity contribution < 1.29 is 9.53 Å². The van der Waals surface area contributed by atoms with Crippen molar-refractivity contribution in [2.24, 2.45) is 5.92 Å². The van der Waals surface area contributed by atoms with Crippen LogP contribution in [-0.4, -0.2) is 42.3 Å². The third-order valence-electron chi connectivity index (χ3n) is 3.98. The molecule has 2 amide bonds. The molecule has 0 aromatic rings. The van der Waals surface area contributed by atoms with Crippen molar-refractivity contribution in [1.29, 1.82) is 0 Å². The Bertz CT molecular complexity index is 303. The van der Waals surface area contributed by atoms with E-state index in [2.05, 4.69) is 26.1 Å². The zero-order valence-electron chi connectivity index (χ0n) is 10.7. The zero-order valence-corrected chi connectivity index (χ0v) is 10.7. The van der Waals surface area contributed by atoms with Crippen LogP contribution in [0.4, 0.5) is 4.79 Å². The van der Waals surface area contributed by atoms with E-state index < -0.39 is 0 Å². The molecule has 0 aromatic carbocycles. The van der Waals surface area contributed by atoms with Crippen LogP contribution in [0.5, 0.6) is 0 Å². The summed E-state index contributed by atoms with van der Waals surface area (Å²) < 4.78 is 6.19. The lowest BCUT2D eigenvalue weighted by molar-refractivity contribution is -0.175. The van der Waals surface area contributed by atoms with E-state index in [0.717, 1.165) is 19.4 Å². The van der Waals surface area contributed by atoms with Gasteiger partial charge in [0.15, 0.2) is 0 Å². The lowest BCUT2D eigenvalue weighted by Gasteiger charge is -2.44. The van der Waals surface area contributed by atoms with Gasteiger partial charge in [-0.2, -0.15) is 0 Å². The van der Waals surface area contributed by atoms with Gasteiger partial charge < -0.3 is 15.0 Å². The van der Waals surface area contributed by atoms with E-state index in [1.807, 2.05) is 4.90 Å². The first-order chi connectivity index (χ1) is 7.36. The average Bonchev–Trinajstić information content (AvgIpc) is 2.40. The summed E-state index contributed by atoms with van der Waals surface area (Å²) >= 11 is 0. The third kappa shape index (κ3) is 1.90. The molecular formula is C12H22N2O2. The second-order valence-electron chi connectivity index (χ2n) is 5.83. The molecule has 3 aliphatic rings. The molecule has 0 aromatic heterocycles. The van der Waals surface area contributed by atoms with Gasteiger partial charge in [-0.05, 0) is 33.6 Å². The molecule has 16 heavy (non-hydrogen) atoms. The number of rotatable bonds is 0. The van der Waals surface area contributed by atoms with Gasteiger partial charge in [-0.1, -0.05) is 0 Å². The molecule has 4 heteroatoms. The van der Waals surface area contributed by atoms with Gasteiger partial charge in [0.1, 0.15) is 0 Å². The number of nitrogens with one attached hydrogen (secondary N) is 1. The predicted molar refractivity (Wildman–Crippen MR) is 62.3 cm³/mol. The molecule has 3 saturated heterocycles. The van der Waals surface area contributed by atoms with Crippen LogP contribution in [0.25, 0.3) is 0 Å². The zero-order chi connectivity index (χ0) is 12.0. The van der Waals surface area contributed by atoms with Crippen molar-refractivity contribution >= 4 is 6.03 Å². The van der Waals surface area contributed by atoms with Crippen molar-refractivity contribution in [1.82, 2.24) is 10.2 Å². The van der Waals surface area contributed by atoms with Crippen LogP contribution < -0.4 is 5.32 Å². The van der Waals surface area contributed by atoms with Crippen LogP contribution >= 0.6 is 0 Å². The van der Waals surface area contributed by atoms with Crippen molar-refractivity contribution in [2.75, 3.05) is 20.1 Å². The van der Waals surface area contributed by atoms with E-state index in [-0.39, 0.29) is 17.2 Å². The normalized spacial score (nSPS) is 37.0. The fourth-order valence-electron chi connectivity index (χ4n) is 3.07. The molecule has 0 aliphatic carbocycles. The lowest BCUT2D eigenvalue weighted by Crippen LogP contribution is -2.49. The Kier molecular flexibility index (Phi) is 2.65. The third-order valence-corrected chi connectivity index (χ3v) is 3.98. The maximum absolute atomic E-state index is 11.8. The molecule has 1 N–H and O–H groups in total. The SMILES string of the molecule is CNC(=O)N1C[C@@H]2CC[C@](C)(C1)OC2(C)C. The van der Waals surface area contributed by atoms with Gasteiger partial charge in [0.25, 0.3) is 0 Å². The fraction of sp³-hybridized carbons (Fsp3) is 0.917. The summed E-state index contributed by atoms with van der Waals surface area (Å²) in [6.07, 6.45) is 2.20. The summed E-state index contributed by atoms with van der Waals surface area (Å²) in [6, 6.07) is 0.0134. The van der Waals surface area contributed by atoms with Gasteiger partial charge >= 0.3 is 6.03 Å². The number of urea groups is 1. The van der Waals surface area contributed by atoms with E-state index >= 15 is 0 Å². The van der Waals surface area contributed by atoms with E-state index in [1.54, 1.807) is 7.05 Å². The molecule has 4 nitrogen and oxygen atoms in total. The van der Waals surface area contributed by atoms with Crippen LogP contribution in [0.2, 0.25) is 0 Å². The van der Waals surface area contributed by atoms with Gasteiger partial charge in [0.05, 0.1) is 17.7 Å². The molecule has 0 radical (unpaired) electrons. The fourth-order valence-corrected chi connectivity index (χ4v) is 3.07. The van der Waals surface area contributed by atoms with E-state index in [0.29, 0.717) is 12.5 Å². The van der Waals surface area contributed by atoms with Crippen LogP contribution in [0.15, 0.2) is 0 Å². The Hall–Kier alpha value is -0.770. The second kappa shape index (κ2) is 3.62. The van der Waals surface area contributed by atoms with E-state index in [1.165, 1.54) is 0 Å². The maximum atomic E-state index is 11.8. The standard InChI is InChI=1S/C12H22N2O2/c1-11(2)9-5-6-12(3,16-11)8-14(7-9)10(15)13-4/h9H,5-8H2,1-4H3,(H,13,15)/t9-,12+/m0/s1.